The molecule has 0 aliphatic carbocycles. The van der Waals surface area contributed by atoms with Crippen LogP contribution in [0.2, 0.25) is 0 Å². The van der Waals surface area contributed by atoms with Crippen molar-refractivity contribution in [3.05, 3.63) is 16.8 Å². The molecule has 6 nitrogen and oxygen atoms in total. The van der Waals surface area contributed by atoms with E-state index in [0.29, 0.717) is 11.6 Å². The van der Waals surface area contributed by atoms with Gasteiger partial charge in [0.1, 0.15) is 22.5 Å². The number of amides is 2. The lowest BCUT2D eigenvalue weighted by molar-refractivity contribution is -0.140. The molecule has 3 heterocycles. The van der Waals surface area contributed by atoms with Crippen molar-refractivity contribution in [3.63, 3.8) is 0 Å². The maximum Gasteiger partial charge on any atom is 0.252 e. The first-order valence-corrected chi connectivity index (χ1v) is 8.11. The molecule has 3 rings (SSSR count). The van der Waals surface area contributed by atoms with Gasteiger partial charge in [0, 0.05) is 6.04 Å². The molecule has 1 fully saturated rings. The third kappa shape index (κ3) is 2.35. The number of anilines is 1. The van der Waals surface area contributed by atoms with Crippen LogP contribution < -0.4 is 5.32 Å². The van der Waals surface area contributed by atoms with Crippen LogP contribution in [-0.4, -0.2) is 38.8 Å². The molecular formula is C15H18N4O2S. The van der Waals surface area contributed by atoms with Crippen LogP contribution in [0.25, 0.3) is 10.2 Å². The number of nitrogens with one attached hydrogen (secondary N) is 1. The smallest absolute Gasteiger partial charge is 0.252 e. The number of aromatic nitrogens is 2. The summed E-state index contributed by atoms with van der Waals surface area (Å²) in [6.07, 6.45) is 0.171. The fraction of sp³-hybridized carbons (Fsp3) is 0.467. The molecule has 0 spiro atoms. The van der Waals surface area contributed by atoms with E-state index in [1.165, 1.54) is 4.90 Å². The fourth-order valence-electron chi connectivity index (χ4n) is 2.77. The first kappa shape index (κ1) is 14.9. The Bertz CT molecular complexity index is 768. The summed E-state index contributed by atoms with van der Waals surface area (Å²) in [5.41, 5.74) is 1.07. The summed E-state index contributed by atoms with van der Waals surface area (Å²) in [5, 5.41) is 6.11. The van der Waals surface area contributed by atoms with Crippen molar-refractivity contribution in [2.24, 2.45) is 0 Å². The third-order valence-corrected chi connectivity index (χ3v) is 4.73. The molecule has 1 unspecified atom stereocenters. The van der Waals surface area contributed by atoms with Gasteiger partial charge in [0.2, 0.25) is 5.91 Å². The van der Waals surface area contributed by atoms with Crippen molar-refractivity contribution in [2.75, 3.05) is 5.32 Å². The van der Waals surface area contributed by atoms with Crippen molar-refractivity contribution in [1.29, 1.82) is 0 Å². The number of carbonyl (C=O) groups is 2. The molecule has 7 heteroatoms. The standard InChI is InChI=1S/C15H18N4O2S/c1-7(2)19-11(20)5-10(15(19)21)18-13-12-8(3)6-22-14(12)17-9(4)16-13/h6-7,10H,5H2,1-4H3,(H,16,17,18). The van der Waals surface area contributed by atoms with Crippen LogP contribution in [0.1, 0.15) is 31.7 Å². The Hall–Kier alpha value is -2.02. The van der Waals surface area contributed by atoms with E-state index in [-0.39, 0.29) is 24.3 Å². The van der Waals surface area contributed by atoms with Crippen LogP contribution in [0.5, 0.6) is 0 Å². The van der Waals surface area contributed by atoms with Gasteiger partial charge < -0.3 is 5.32 Å². The Morgan fingerprint density at radius 2 is 2.05 bits per heavy atom. The van der Waals surface area contributed by atoms with E-state index in [4.69, 9.17) is 0 Å². The molecule has 0 bridgehead atoms. The molecule has 2 aromatic heterocycles. The minimum absolute atomic E-state index is 0.123. The van der Waals surface area contributed by atoms with Crippen molar-refractivity contribution in [1.82, 2.24) is 14.9 Å². The van der Waals surface area contributed by atoms with Gasteiger partial charge in [0.05, 0.1) is 11.8 Å². The molecule has 116 valence electrons. The SMILES string of the molecule is Cc1nc(NC2CC(=O)N(C(C)C)C2=O)c2c(C)csc2n1. The predicted molar refractivity (Wildman–Crippen MR) is 85.9 cm³/mol. The number of hydrogen-bond acceptors (Lipinski definition) is 6. The van der Waals surface area contributed by atoms with Crippen LogP contribution in [0.15, 0.2) is 5.38 Å². The number of imide groups is 1. The Morgan fingerprint density at radius 1 is 1.32 bits per heavy atom. The number of thiophene rings is 1. The van der Waals surface area contributed by atoms with Crippen LogP contribution >= 0.6 is 11.3 Å². The first-order chi connectivity index (χ1) is 10.4. The second-order valence-electron chi connectivity index (χ2n) is 5.82. The Balaban J connectivity index is 1.96. The first-order valence-electron chi connectivity index (χ1n) is 7.23. The minimum Gasteiger partial charge on any atom is -0.357 e. The topological polar surface area (TPSA) is 75.2 Å². The van der Waals surface area contributed by atoms with E-state index in [1.807, 2.05) is 33.1 Å². The molecule has 22 heavy (non-hydrogen) atoms. The highest BCUT2D eigenvalue weighted by Gasteiger charge is 2.40. The molecule has 2 amide bonds. The van der Waals surface area contributed by atoms with E-state index in [2.05, 4.69) is 15.3 Å². The summed E-state index contributed by atoms with van der Waals surface area (Å²) in [4.78, 5) is 35.5. The molecule has 1 saturated heterocycles. The monoisotopic (exact) mass is 318 g/mol. The van der Waals surface area contributed by atoms with Gasteiger partial charge in [0.15, 0.2) is 0 Å². The molecule has 0 aromatic carbocycles. The van der Waals surface area contributed by atoms with Crippen molar-refractivity contribution < 1.29 is 9.59 Å². The molecule has 1 aliphatic heterocycles. The quantitative estimate of drug-likeness (QED) is 0.879. The highest BCUT2D eigenvalue weighted by atomic mass is 32.1. The number of hydrogen-bond donors (Lipinski definition) is 1. The third-order valence-electron chi connectivity index (χ3n) is 3.74. The predicted octanol–water partition coefficient (Wildman–Crippen LogP) is 2.26. The molecule has 1 aliphatic rings. The molecule has 0 saturated carbocycles. The molecule has 1 atom stereocenters. The van der Waals surface area contributed by atoms with Gasteiger partial charge in [0.25, 0.3) is 5.91 Å². The summed E-state index contributed by atoms with van der Waals surface area (Å²) in [6, 6.07) is -0.673. The van der Waals surface area contributed by atoms with Gasteiger partial charge >= 0.3 is 0 Å². The van der Waals surface area contributed by atoms with Crippen LogP contribution in [0.3, 0.4) is 0 Å². The number of carbonyl (C=O) groups excluding carboxylic acids is 2. The summed E-state index contributed by atoms with van der Waals surface area (Å²) in [5.74, 6) is 0.964. The zero-order valence-corrected chi connectivity index (χ0v) is 13.8. The van der Waals surface area contributed by atoms with Crippen molar-refractivity contribution >= 4 is 39.2 Å². The van der Waals surface area contributed by atoms with Crippen molar-refractivity contribution in [3.8, 4) is 0 Å². The summed E-state index contributed by atoms with van der Waals surface area (Å²) in [7, 11) is 0. The lowest BCUT2D eigenvalue weighted by Crippen LogP contribution is -2.39. The Morgan fingerprint density at radius 3 is 2.68 bits per heavy atom. The number of rotatable bonds is 3. The average Bonchev–Trinajstić information content (AvgIpc) is 2.91. The maximum absolute atomic E-state index is 12.4. The van der Waals surface area contributed by atoms with Gasteiger partial charge in [-0.1, -0.05) is 0 Å². The van der Waals surface area contributed by atoms with Crippen molar-refractivity contribution in [2.45, 2.75) is 46.2 Å². The molecular weight excluding hydrogens is 300 g/mol. The molecule has 1 N–H and O–H groups in total. The number of likely N-dealkylation sites (tertiary alicyclic amines) is 1. The highest BCUT2D eigenvalue weighted by Crippen LogP contribution is 2.31. The number of aryl methyl sites for hydroxylation is 2. The Labute approximate surface area is 132 Å². The van der Waals surface area contributed by atoms with E-state index in [1.54, 1.807) is 11.3 Å². The van der Waals surface area contributed by atoms with E-state index in [9.17, 15) is 9.59 Å². The average molecular weight is 318 g/mol. The zero-order valence-electron chi connectivity index (χ0n) is 13.0. The highest BCUT2D eigenvalue weighted by molar-refractivity contribution is 7.17. The second-order valence-corrected chi connectivity index (χ2v) is 6.67. The van der Waals surface area contributed by atoms with Crippen LogP contribution in [0.4, 0.5) is 5.82 Å². The van der Waals surface area contributed by atoms with Gasteiger partial charge in [-0.25, -0.2) is 9.97 Å². The van der Waals surface area contributed by atoms with Crippen LogP contribution in [-0.2, 0) is 9.59 Å². The molecule has 0 radical (unpaired) electrons. The zero-order chi connectivity index (χ0) is 16.0. The summed E-state index contributed by atoms with van der Waals surface area (Å²) in [6.45, 7) is 7.49. The lowest BCUT2D eigenvalue weighted by atomic mass is 10.2. The van der Waals surface area contributed by atoms with E-state index < -0.39 is 6.04 Å². The van der Waals surface area contributed by atoms with Crippen LogP contribution in [0, 0.1) is 13.8 Å². The Kier molecular flexibility index (Phi) is 3.60. The largest absolute Gasteiger partial charge is 0.357 e. The molecule has 2 aromatic rings. The minimum atomic E-state index is -0.549. The van der Waals surface area contributed by atoms with Gasteiger partial charge in [-0.15, -0.1) is 11.3 Å². The van der Waals surface area contributed by atoms with Gasteiger partial charge in [-0.3, -0.25) is 14.5 Å². The van der Waals surface area contributed by atoms with Gasteiger partial charge in [-0.2, -0.15) is 0 Å². The summed E-state index contributed by atoms with van der Waals surface area (Å²) >= 11 is 1.55. The lowest BCUT2D eigenvalue weighted by Gasteiger charge is -2.19. The van der Waals surface area contributed by atoms with E-state index in [0.717, 1.165) is 15.8 Å². The van der Waals surface area contributed by atoms with Gasteiger partial charge in [-0.05, 0) is 38.6 Å². The second kappa shape index (κ2) is 5.31. The normalized spacial score (nSPS) is 18.8. The fourth-order valence-corrected chi connectivity index (χ4v) is 3.73. The maximum atomic E-state index is 12.4. The number of nitrogens with zero attached hydrogens (tertiary/aromatic N) is 3. The van der Waals surface area contributed by atoms with E-state index >= 15 is 0 Å². The number of fused-ring (bicyclic) bond motifs is 1. The summed E-state index contributed by atoms with van der Waals surface area (Å²) < 4.78 is 0.